The minimum Gasteiger partial charge on any atom is -0.392 e. The Hall–Kier alpha value is -1.57. The summed E-state index contributed by atoms with van der Waals surface area (Å²) < 4.78 is 0. The highest BCUT2D eigenvalue weighted by Crippen LogP contribution is 2.14. The number of hydrogen-bond donors (Lipinski definition) is 1. The maximum absolute atomic E-state index is 3.93. The summed E-state index contributed by atoms with van der Waals surface area (Å²) in [6.07, 6.45) is 1.83. The van der Waals surface area contributed by atoms with Crippen LogP contribution in [0.2, 0.25) is 0 Å². The third-order valence-corrected chi connectivity index (χ3v) is 1.80. The second-order valence-electron chi connectivity index (χ2n) is 2.84. The fraction of sp³-hybridized carbons (Fsp3) is 0.400. The van der Waals surface area contributed by atoms with Crippen molar-refractivity contribution in [2.45, 2.75) is 34.6 Å². The highest BCUT2D eigenvalue weighted by Gasteiger charge is 1.96. The second-order valence-corrected chi connectivity index (χ2v) is 2.84. The highest BCUT2D eigenvalue weighted by atomic mass is 14.8. The van der Waals surface area contributed by atoms with Crippen molar-refractivity contribution in [1.29, 1.82) is 0 Å². The molecule has 0 amide bonds. The van der Waals surface area contributed by atoms with Gasteiger partial charge in [-0.15, -0.1) is 0 Å². The Morgan fingerprint density at radius 1 is 1.12 bits per heavy atom. The summed E-state index contributed by atoms with van der Waals surface area (Å²) in [7, 11) is 1.85. The van der Waals surface area contributed by atoms with Gasteiger partial charge < -0.3 is 5.32 Å². The van der Waals surface area contributed by atoms with Crippen molar-refractivity contribution in [1.82, 2.24) is 5.32 Å². The highest BCUT2D eigenvalue weighted by molar-refractivity contribution is 5.67. The van der Waals surface area contributed by atoms with E-state index in [1.54, 1.807) is 0 Å². The first kappa shape index (κ1) is 17.8. The number of benzene rings is 1. The normalized spacial score (nSPS) is 9.18. The van der Waals surface area contributed by atoms with E-state index >= 15 is 0 Å². The molecule has 0 atom stereocenters. The SMILES string of the molecule is C=N/C(=C\NC)c1ccc(C)cc1.CC.CC. The quantitative estimate of drug-likeness (QED) is 0.776. The molecule has 2 nitrogen and oxygen atoms in total. The molecule has 0 aliphatic rings. The molecule has 0 radical (unpaired) electrons. The van der Waals surface area contributed by atoms with Crippen molar-refractivity contribution < 1.29 is 0 Å². The Balaban J connectivity index is 0. The van der Waals surface area contributed by atoms with E-state index in [1.807, 2.05) is 53.1 Å². The lowest BCUT2D eigenvalue weighted by atomic mass is 10.1. The zero-order valence-corrected chi connectivity index (χ0v) is 12.0. The minimum atomic E-state index is 0.863. The van der Waals surface area contributed by atoms with Crippen LogP contribution in [0.25, 0.3) is 5.70 Å². The smallest absolute Gasteiger partial charge is 0.0851 e. The molecule has 0 heterocycles. The summed E-state index contributed by atoms with van der Waals surface area (Å²) in [4.78, 5) is 3.93. The van der Waals surface area contributed by atoms with Crippen molar-refractivity contribution in [2.75, 3.05) is 7.05 Å². The van der Waals surface area contributed by atoms with Crippen LogP contribution >= 0.6 is 0 Å². The van der Waals surface area contributed by atoms with Crippen LogP contribution in [0.5, 0.6) is 0 Å². The summed E-state index contributed by atoms with van der Waals surface area (Å²) >= 11 is 0. The van der Waals surface area contributed by atoms with E-state index in [9.17, 15) is 0 Å². The van der Waals surface area contributed by atoms with Gasteiger partial charge in [0.1, 0.15) is 0 Å². The van der Waals surface area contributed by atoms with Gasteiger partial charge in [-0.05, 0) is 13.6 Å². The Labute approximate surface area is 106 Å². The van der Waals surface area contributed by atoms with Gasteiger partial charge in [-0.2, -0.15) is 0 Å². The van der Waals surface area contributed by atoms with E-state index in [2.05, 4.69) is 36.1 Å². The van der Waals surface area contributed by atoms with Crippen LogP contribution < -0.4 is 5.32 Å². The van der Waals surface area contributed by atoms with Crippen molar-refractivity contribution in [3.8, 4) is 0 Å². The molecule has 0 saturated carbocycles. The van der Waals surface area contributed by atoms with E-state index in [4.69, 9.17) is 0 Å². The number of nitrogens with zero attached hydrogens (tertiary/aromatic N) is 1. The molecule has 1 aromatic carbocycles. The van der Waals surface area contributed by atoms with Gasteiger partial charge in [-0.3, -0.25) is 4.99 Å². The van der Waals surface area contributed by atoms with E-state index in [-0.39, 0.29) is 0 Å². The predicted octanol–water partition coefficient (Wildman–Crippen LogP) is 4.27. The summed E-state index contributed by atoms with van der Waals surface area (Å²) in [5.41, 5.74) is 3.19. The van der Waals surface area contributed by atoms with E-state index < -0.39 is 0 Å². The molecule has 0 spiro atoms. The van der Waals surface area contributed by atoms with Gasteiger partial charge in [-0.1, -0.05) is 57.5 Å². The molecule has 0 aromatic heterocycles. The molecule has 1 N–H and O–H groups in total. The van der Waals surface area contributed by atoms with Crippen LogP contribution in [0.4, 0.5) is 0 Å². The zero-order valence-electron chi connectivity index (χ0n) is 12.0. The van der Waals surface area contributed by atoms with E-state index in [0.717, 1.165) is 11.3 Å². The third-order valence-electron chi connectivity index (χ3n) is 1.80. The summed E-state index contributed by atoms with van der Waals surface area (Å²) in [6.45, 7) is 13.6. The lowest BCUT2D eigenvalue weighted by Gasteiger charge is -2.01. The van der Waals surface area contributed by atoms with Gasteiger partial charge >= 0.3 is 0 Å². The molecule has 0 bridgehead atoms. The van der Waals surface area contributed by atoms with Gasteiger partial charge in [0.25, 0.3) is 0 Å². The topological polar surface area (TPSA) is 24.4 Å². The molecule has 0 aliphatic carbocycles. The summed E-state index contributed by atoms with van der Waals surface area (Å²) in [5.74, 6) is 0. The molecular weight excluding hydrogens is 208 g/mol. The van der Waals surface area contributed by atoms with Gasteiger partial charge in [0.15, 0.2) is 0 Å². The molecular formula is C15H26N2. The average Bonchev–Trinajstić information content (AvgIpc) is 2.42. The number of hydrogen-bond acceptors (Lipinski definition) is 2. The first-order valence-electron chi connectivity index (χ1n) is 6.19. The monoisotopic (exact) mass is 234 g/mol. The maximum Gasteiger partial charge on any atom is 0.0851 e. The molecule has 0 fully saturated rings. The minimum absolute atomic E-state index is 0.863. The van der Waals surface area contributed by atoms with Gasteiger partial charge in [0.05, 0.1) is 5.70 Å². The number of nitrogens with one attached hydrogen (secondary N) is 1. The van der Waals surface area contributed by atoms with Crippen LogP contribution in [-0.2, 0) is 0 Å². The third kappa shape index (κ3) is 7.34. The standard InChI is InChI=1S/C11H14N2.2C2H6/c1-9-4-6-10(7-5-9)11(13-3)8-12-2;2*1-2/h4-8,12H,3H2,1-2H3;2*1-2H3/b11-8-;;. The largest absolute Gasteiger partial charge is 0.392 e. The molecule has 1 rings (SSSR count). The Morgan fingerprint density at radius 2 is 1.59 bits per heavy atom. The van der Waals surface area contributed by atoms with Crippen LogP contribution in [0, 0.1) is 6.92 Å². The lowest BCUT2D eigenvalue weighted by molar-refractivity contribution is 1.10. The Bertz CT molecular complexity index is 310. The number of rotatable bonds is 3. The van der Waals surface area contributed by atoms with E-state index in [0.29, 0.717) is 0 Å². The Kier molecular flexibility index (Phi) is 13.1. The lowest BCUT2D eigenvalue weighted by Crippen LogP contribution is -1.94. The molecule has 1 aromatic rings. The molecule has 0 aliphatic heterocycles. The molecule has 0 unspecified atom stereocenters. The molecule has 2 heteroatoms. The number of aryl methyl sites for hydroxylation is 1. The first-order chi connectivity index (χ1) is 8.27. The van der Waals surface area contributed by atoms with E-state index in [1.165, 1.54) is 5.56 Å². The second kappa shape index (κ2) is 12.5. The fourth-order valence-electron chi connectivity index (χ4n) is 1.08. The Morgan fingerprint density at radius 3 is 1.94 bits per heavy atom. The van der Waals surface area contributed by atoms with Crippen molar-refractivity contribution in [3.05, 3.63) is 41.6 Å². The van der Waals surface area contributed by atoms with Gasteiger partial charge in [-0.25, -0.2) is 0 Å². The average molecular weight is 234 g/mol. The van der Waals surface area contributed by atoms with Crippen LogP contribution in [0.15, 0.2) is 35.5 Å². The fourth-order valence-corrected chi connectivity index (χ4v) is 1.08. The predicted molar refractivity (Wildman–Crippen MR) is 80.5 cm³/mol. The van der Waals surface area contributed by atoms with Crippen LogP contribution in [0.3, 0.4) is 0 Å². The summed E-state index contributed by atoms with van der Waals surface area (Å²) in [6, 6.07) is 8.19. The molecule has 17 heavy (non-hydrogen) atoms. The van der Waals surface area contributed by atoms with Crippen molar-refractivity contribution in [3.63, 3.8) is 0 Å². The van der Waals surface area contributed by atoms with Crippen molar-refractivity contribution in [2.24, 2.45) is 4.99 Å². The van der Waals surface area contributed by atoms with Gasteiger partial charge in [0, 0.05) is 18.8 Å². The molecule has 0 saturated heterocycles. The van der Waals surface area contributed by atoms with Gasteiger partial charge in [0.2, 0.25) is 0 Å². The van der Waals surface area contributed by atoms with Crippen LogP contribution in [-0.4, -0.2) is 13.8 Å². The van der Waals surface area contributed by atoms with Crippen molar-refractivity contribution >= 4 is 12.4 Å². The summed E-state index contributed by atoms with van der Waals surface area (Å²) in [5, 5.41) is 2.94. The first-order valence-corrected chi connectivity index (χ1v) is 6.19. The number of aliphatic imine (C=N–C) groups is 1. The van der Waals surface area contributed by atoms with Crippen LogP contribution in [0.1, 0.15) is 38.8 Å². The maximum atomic E-state index is 3.93. The molecule has 96 valence electrons. The zero-order chi connectivity index (χ0) is 13.7.